The Morgan fingerprint density at radius 3 is 2.04 bits per heavy atom. The van der Waals surface area contributed by atoms with Gasteiger partial charge in [-0.3, -0.25) is 4.79 Å². The van der Waals surface area contributed by atoms with E-state index in [1.165, 1.54) is 12.1 Å². The summed E-state index contributed by atoms with van der Waals surface area (Å²) in [6.45, 7) is 0. The van der Waals surface area contributed by atoms with Crippen molar-refractivity contribution < 1.29 is 13.2 Å². The molecule has 3 aromatic rings. The molecule has 0 aliphatic rings. The molecule has 0 radical (unpaired) electrons. The molecule has 0 fully saturated rings. The van der Waals surface area contributed by atoms with Crippen molar-refractivity contribution in [1.29, 1.82) is 0 Å². The lowest BCUT2D eigenvalue weighted by Crippen LogP contribution is -2.45. The molecule has 0 aromatic heterocycles. The van der Waals surface area contributed by atoms with Gasteiger partial charge >= 0.3 is 0 Å². The number of rotatable bonds is 7. The van der Waals surface area contributed by atoms with Crippen LogP contribution >= 0.6 is 15.9 Å². The fraction of sp³-hybridized carbons (Fsp3) is 0.0952. The molecule has 3 rings (SSSR count). The Balaban J connectivity index is 1.84. The van der Waals surface area contributed by atoms with Gasteiger partial charge < -0.3 is 5.32 Å². The van der Waals surface area contributed by atoms with Crippen LogP contribution in [0.4, 0.5) is 5.69 Å². The van der Waals surface area contributed by atoms with Crippen LogP contribution in [0.3, 0.4) is 0 Å². The lowest BCUT2D eigenvalue weighted by atomic mass is 10.1. The Bertz CT molecular complexity index is 1020. The molecule has 28 heavy (non-hydrogen) atoms. The molecule has 0 bridgehead atoms. The summed E-state index contributed by atoms with van der Waals surface area (Å²) >= 11 is 3.29. The van der Waals surface area contributed by atoms with Crippen LogP contribution in [0, 0.1) is 0 Å². The van der Waals surface area contributed by atoms with Gasteiger partial charge in [-0.2, -0.15) is 4.72 Å². The summed E-state index contributed by atoms with van der Waals surface area (Å²) in [4.78, 5) is 12.9. The average Bonchev–Trinajstić information content (AvgIpc) is 2.69. The van der Waals surface area contributed by atoms with Gasteiger partial charge in [-0.05, 0) is 48.4 Å². The summed E-state index contributed by atoms with van der Waals surface area (Å²) in [7, 11) is -3.87. The lowest BCUT2D eigenvalue weighted by molar-refractivity contribution is -0.117. The summed E-state index contributed by atoms with van der Waals surface area (Å²) in [5, 5.41) is 2.77. The van der Waals surface area contributed by atoms with Crippen LogP contribution in [-0.2, 0) is 21.2 Å². The van der Waals surface area contributed by atoms with E-state index in [0.29, 0.717) is 5.69 Å². The van der Waals surface area contributed by atoms with Crippen molar-refractivity contribution in [2.75, 3.05) is 5.32 Å². The molecule has 0 spiro atoms. The summed E-state index contributed by atoms with van der Waals surface area (Å²) in [6.07, 6.45) is 0.231. The predicted molar refractivity (Wildman–Crippen MR) is 113 cm³/mol. The van der Waals surface area contributed by atoms with E-state index < -0.39 is 22.0 Å². The molecule has 0 aliphatic heterocycles. The summed E-state index contributed by atoms with van der Waals surface area (Å²) in [5.74, 6) is -0.421. The van der Waals surface area contributed by atoms with Gasteiger partial charge in [0, 0.05) is 10.2 Å². The minimum Gasteiger partial charge on any atom is -0.325 e. The maximum atomic E-state index is 12.8. The number of amides is 1. The van der Waals surface area contributed by atoms with Crippen molar-refractivity contribution in [3.8, 4) is 0 Å². The summed E-state index contributed by atoms with van der Waals surface area (Å²) in [6, 6.07) is 23.5. The van der Waals surface area contributed by atoms with Gasteiger partial charge in [-0.1, -0.05) is 64.5 Å². The third kappa shape index (κ3) is 5.51. The highest BCUT2D eigenvalue weighted by Gasteiger charge is 2.26. The number of halogens is 1. The Kier molecular flexibility index (Phi) is 6.61. The molecular formula is C21H19BrN2O3S. The van der Waals surface area contributed by atoms with Crippen molar-refractivity contribution in [1.82, 2.24) is 4.72 Å². The van der Waals surface area contributed by atoms with E-state index in [-0.39, 0.29) is 11.3 Å². The first kappa shape index (κ1) is 20.3. The zero-order chi connectivity index (χ0) is 20.0. The lowest BCUT2D eigenvalue weighted by Gasteiger charge is -2.19. The number of para-hydroxylation sites is 1. The Labute approximate surface area is 173 Å². The van der Waals surface area contributed by atoms with Gasteiger partial charge in [0.15, 0.2) is 0 Å². The van der Waals surface area contributed by atoms with Gasteiger partial charge in [-0.25, -0.2) is 8.42 Å². The highest BCUT2D eigenvalue weighted by Crippen LogP contribution is 2.16. The van der Waals surface area contributed by atoms with Crippen LogP contribution in [0.15, 0.2) is 94.3 Å². The second kappa shape index (κ2) is 9.14. The average molecular weight is 459 g/mol. The Morgan fingerprint density at radius 2 is 1.43 bits per heavy atom. The van der Waals surface area contributed by atoms with Gasteiger partial charge in [-0.15, -0.1) is 0 Å². The zero-order valence-electron chi connectivity index (χ0n) is 14.9. The molecule has 0 aliphatic carbocycles. The van der Waals surface area contributed by atoms with Gasteiger partial charge in [0.1, 0.15) is 6.04 Å². The minimum atomic E-state index is -3.87. The van der Waals surface area contributed by atoms with Crippen LogP contribution in [0.5, 0.6) is 0 Å². The van der Waals surface area contributed by atoms with E-state index in [2.05, 4.69) is 26.0 Å². The van der Waals surface area contributed by atoms with E-state index >= 15 is 0 Å². The second-order valence-electron chi connectivity index (χ2n) is 6.17. The summed E-state index contributed by atoms with van der Waals surface area (Å²) in [5.41, 5.74) is 1.46. The third-order valence-electron chi connectivity index (χ3n) is 4.06. The minimum absolute atomic E-state index is 0.0984. The number of nitrogens with one attached hydrogen (secondary N) is 2. The van der Waals surface area contributed by atoms with Crippen LogP contribution < -0.4 is 10.0 Å². The fourth-order valence-corrected chi connectivity index (χ4v) is 4.12. The summed E-state index contributed by atoms with van der Waals surface area (Å²) < 4.78 is 28.9. The van der Waals surface area contributed by atoms with E-state index in [1.54, 1.807) is 36.4 Å². The van der Waals surface area contributed by atoms with Crippen molar-refractivity contribution in [2.45, 2.75) is 17.4 Å². The van der Waals surface area contributed by atoms with Crippen molar-refractivity contribution in [3.63, 3.8) is 0 Å². The highest BCUT2D eigenvalue weighted by molar-refractivity contribution is 9.10. The molecule has 3 aromatic carbocycles. The first-order valence-corrected chi connectivity index (χ1v) is 10.9. The number of hydrogen-bond acceptors (Lipinski definition) is 3. The molecule has 0 heterocycles. The third-order valence-corrected chi connectivity index (χ3v) is 6.08. The van der Waals surface area contributed by atoms with E-state index in [4.69, 9.17) is 0 Å². The molecule has 0 saturated heterocycles. The van der Waals surface area contributed by atoms with Crippen molar-refractivity contribution in [3.05, 3.63) is 95.0 Å². The molecule has 144 valence electrons. The van der Waals surface area contributed by atoms with Crippen molar-refractivity contribution >= 4 is 37.5 Å². The number of benzene rings is 3. The number of carbonyl (C=O) groups excluding carboxylic acids is 1. The largest absolute Gasteiger partial charge is 0.325 e. The van der Waals surface area contributed by atoms with Crippen LogP contribution in [0.1, 0.15) is 5.56 Å². The Morgan fingerprint density at radius 1 is 0.857 bits per heavy atom. The smallest absolute Gasteiger partial charge is 0.242 e. The molecule has 1 atom stereocenters. The molecule has 1 amide bonds. The van der Waals surface area contributed by atoms with E-state index in [9.17, 15) is 13.2 Å². The van der Waals surface area contributed by atoms with Crippen molar-refractivity contribution in [2.24, 2.45) is 0 Å². The number of hydrogen-bond donors (Lipinski definition) is 2. The topological polar surface area (TPSA) is 75.3 Å². The fourth-order valence-electron chi connectivity index (χ4n) is 2.66. The SMILES string of the molecule is O=C(Nc1ccccc1)C(Cc1ccccc1)NS(=O)(=O)c1ccc(Br)cc1. The monoisotopic (exact) mass is 458 g/mol. The van der Waals surface area contributed by atoms with Crippen LogP contribution in [-0.4, -0.2) is 20.4 Å². The zero-order valence-corrected chi connectivity index (χ0v) is 17.3. The van der Waals surface area contributed by atoms with E-state index in [1.807, 2.05) is 36.4 Å². The molecular weight excluding hydrogens is 440 g/mol. The molecule has 5 nitrogen and oxygen atoms in total. The van der Waals surface area contributed by atoms with Gasteiger partial charge in [0.25, 0.3) is 0 Å². The molecule has 1 unspecified atom stereocenters. The van der Waals surface area contributed by atoms with Gasteiger partial charge in [0.05, 0.1) is 4.90 Å². The predicted octanol–water partition coefficient (Wildman–Crippen LogP) is 3.98. The molecule has 0 saturated carbocycles. The number of sulfonamides is 1. The molecule has 7 heteroatoms. The number of carbonyl (C=O) groups is 1. The van der Waals surface area contributed by atoms with Crippen LogP contribution in [0.2, 0.25) is 0 Å². The van der Waals surface area contributed by atoms with E-state index in [0.717, 1.165) is 10.0 Å². The maximum absolute atomic E-state index is 12.8. The Hall–Kier alpha value is -2.48. The second-order valence-corrected chi connectivity index (χ2v) is 8.80. The maximum Gasteiger partial charge on any atom is 0.242 e. The molecule has 2 N–H and O–H groups in total. The number of anilines is 1. The normalized spacial score (nSPS) is 12.3. The standard InChI is InChI=1S/C21H19BrN2O3S/c22-17-11-13-19(14-12-17)28(26,27)24-20(15-16-7-3-1-4-8-16)21(25)23-18-9-5-2-6-10-18/h1-14,20,24H,15H2,(H,23,25). The first-order chi connectivity index (χ1) is 13.4. The van der Waals surface area contributed by atoms with Gasteiger partial charge in [0.2, 0.25) is 15.9 Å². The highest BCUT2D eigenvalue weighted by atomic mass is 79.9. The van der Waals surface area contributed by atoms with Crippen LogP contribution in [0.25, 0.3) is 0 Å². The quantitative estimate of drug-likeness (QED) is 0.562. The first-order valence-electron chi connectivity index (χ1n) is 8.62.